The highest BCUT2D eigenvalue weighted by Gasteiger charge is 2.21. The van der Waals surface area contributed by atoms with Crippen molar-refractivity contribution in [2.45, 2.75) is 51.2 Å². The Balaban J connectivity index is 1.97. The van der Waals surface area contributed by atoms with Crippen LogP contribution in [0.25, 0.3) is 0 Å². The van der Waals surface area contributed by atoms with Crippen LogP contribution in [-0.2, 0) is 0 Å². The second-order valence-corrected chi connectivity index (χ2v) is 6.08. The number of anilines is 2. The third-order valence-electron chi connectivity index (χ3n) is 4.25. The zero-order chi connectivity index (χ0) is 15.9. The largest absolute Gasteiger partial charge is 0.393 e. The van der Waals surface area contributed by atoms with E-state index in [1.54, 1.807) is 6.92 Å². The molecule has 1 saturated carbocycles. The van der Waals surface area contributed by atoms with Crippen molar-refractivity contribution in [3.8, 4) is 0 Å². The van der Waals surface area contributed by atoms with E-state index in [0.717, 1.165) is 11.4 Å². The molecule has 1 unspecified atom stereocenters. The number of carbonyl (C=O) groups is 1. The van der Waals surface area contributed by atoms with Crippen LogP contribution in [-0.4, -0.2) is 36.9 Å². The van der Waals surface area contributed by atoms with E-state index < -0.39 is 6.10 Å². The van der Waals surface area contributed by atoms with Gasteiger partial charge in [0.25, 0.3) is 0 Å². The molecule has 0 aliphatic heterocycles. The zero-order valence-corrected chi connectivity index (χ0v) is 13.5. The molecule has 1 aromatic carbocycles. The summed E-state index contributed by atoms with van der Waals surface area (Å²) in [6.07, 6.45) is 5.14. The van der Waals surface area contributed by atoms with Crippen molar-refractivity contribution in [1.82, 2.24) is 5.32 Å². The van der Waals surface area contributed by atoms with Crippen LogP contribution in [0.15, 0.2) is 24.3 Å². The summed E-state index contributed by atoms with van der Waals surface area (Å²) in [6.45, 7) is 2.18. The molecular weight excluding hydrogens is 278 g/mol. The number of amides is 2. The molecule has 1 aliphatic carbocycles. The molecular formula is C17H27N3O2. The van der Waals surface area contributed by atoms with Gasteiger partial charge < -0.3 is 20.6 Å². The monoisotopic (exact) mass is 305 g/mol. The molecule has 122 valence electrons. The molecule has 0 heterocycles. The Hall–Kier alpha value is -1.75. The SMILES string of the molecule is CC(O)CCNC(=O)Nc1ccccc1N(C)C1CCCC1. The highest BCUT2D eigenvalue weighted by atomic mass is 16.3. The van der Waals surface area contributed by atoms with Gasteiger partial charge in [-0.25, -0.2) is 4.79 Å². The number of aliphatic hydroxyl groups excluding tert-OH is 1. The van der Waals surface area contributed by atoms with Gasteiger partial charge in [0.1, 0.15) is 0 Å². The number of nitrogens with one attached hydrogen (secondary N) is 2. The second kappa shape index (κ2) is 8.03. The number of benzene rings is 1. The van der Waals surface area contributed by atoms with E-state index in [1.165, 1.54) is 25.7 Å². The Bertz CT molecular complexity index is 485. The fraction of sp³-hybridized carbons (Fsp3) is 0.588. The van der Waals surface area contributed by atoms with Crippen LogP contribution in [0.5, 0.6) is 0 Å². The first kappa shape index (κ1) is 16.6. The normalized spacial score (nSPS) is 16.3. The summed E-state index contributed by atoms with van der Waals surface area (Å²) in [5.74, 6) is 0. The third-order valence-corrected chi connectivity index (χ3v) is 4.25. The fourth-order valence-electron chi connectivity index (χ4n) is 2.94. The minimum absolute atomic E-state index is 0.229. The number of urea groups is 1. The Morgan fingerprint density at radius 1 is 1.36 bits per heavy atom. The molecule has 1 aliphatic rings. The smallest absolute Gasteiger partial charge is 0.319 e. The first-order chi connectivity index (χ1) is 10.6. The molecule has 0 bridgehead atoms. The molecule has 2 amide bonds. The van der Waals surface area contributed by atoms with Crippen molar-refractivity contribution in [2.24, 2.45) is 0 Å². The minimum atomic E-state index is -0.402. The Kier molecular flexibility index (Phi) is 6.07. The predicted octanol–water partition coefficient (Wildman–Crippen LogP) is 2.96. The summed E-state index contributed by atoms with van der Waals surface area (Å²) >= 11 is 0. The van der Waals surface area contributed by atoms with Gasteiger partial charge in [0.2, 0.25) is 0 Å². The predicted molar refractivity (Wildman–Crippen MR) is 90.4 cm³/mol. The molecule has 1 fully saturated rings. The highest BCUT2D eigenvalue weighted by Crippen LogP contribution is 2.31. The van der Waals surface area contributed by atoms with E-state index in [2.05, 4.69) is 22.6 Å². The summed E-state index contributed by atoms with van der Waals surface area (Å²) in [5.41, 5.74) is 1.88. The quantitative estimate of drug-likeness (QED) is 0.757. The average molecular weight is 305 g/mol. The van der Waals surface area contributed by atoms with E-state index in [1.807, 2.05) is 24.3 Å². The van der Waals surface area contributed by atoms with Crippen LogP contribution >= 0.6 is 0 Å². The maximum absolute atomic E-state index is 12.0. The van der Waals surface area contributed by atoms with E-state index in [4.69, 9.17) is 0 Å². The second-order valence-electron chi connectivity index (χ2n) is 6.08. The summed E-state index contributed by atoms with van der Waals surface area (Å²) in [6, 6.07) is 8.22. The maximum Gasteiger partial charge on any atom is 0.319 e. The van der Waals surface area contributed by atoms with E-state index in [0.29, 0.717) is 19.0 Å². The Morgan fingerprint density at radius 3 is 2.73 bits per heavy atom. The molecule has 1 aromatic rings. The summed E-state index contributed by atoms with van der Waals surface area (Å²) in [4.78, 5) is 14.2. The lowest BCUT2D eigenvalue weighted by Gasteiger charge is -2.28. The molecule has 22 heavy (non-hydrogen) atoms. The van der Waals surface area contributed by atoms with Crippen molar-refractivity contribution in [3.63, 3.8) is 0 Å². The lowest BCUT2D eigenvalue weighted by molar-refractivity contribution is 0.184. The average Bonchev–Trinajstić information content (AvgIpc) is 3.01. The van der Waals surface area contributed by atoms with Gasteiger partial charge in [0.05, 0.1) is 17.5 Å². The van der Waals surface area contributed by atoms with Crippen molar-refractivity contribution in [2.75, 3.05) is 23.8 Å². The lowest BCUT2D eigenvalue weighted by atomic mass is 10.1. The number of hydrogen-bond donors (Lipinski definition) is 3. The third kappa shape index (κ3) is 4.63. The van der Waals surface area contributed by atoms with Gasteiger partial charge in [-0.05, 0) is 38.3 Å². The number of hydrogen-bond acceptors (Lipinski definition) is 3. The van der Waals surface area contributed by atoms with Gasteiger partial charge in [0.15, 0.2) is 0 Å². The van der Waals surface area contributed by atoms with E-state index >= 15 is 0 Å². The molecule has 5 nitrogen and oxygen atoms in total. The molecule has 0 saturated heterocycles. The fourth-order valence-corrected chi connectivity index (χ4v) is 2.94. The molecule has 3 N–H and O–H groups in total. The van der Waals surface area contributed by atoms with Gasteiger partial charge >= 0.3 is 6.03 Å². The van der Waals surface area contributed by atoms with Crippen LogP contribution in [0, 0.1) is 0 Å². The first-order valence-corrected chi connectivity index (χ1v) is 8.12. The molecule has 2 rings (SSSR count). The van der Waals surface area contributed by atoms with Gasteiger partial charge in [-0.15, -0.1) is 0 Å². The number of para-hydroxylation sites is 2. The van der Waals surface area contributed by atoms with Gasteiger partial charge in [-0.3, -0.25) is 0 Å². The van der Waals surface area contributed by atoms with Gasteiger partial charge in [0, 0.05) is 19.6 Å². The topological polar surface area (TPSA) is 64.6 Å². The maximum atomic E-state index is 12.0. The standard InChI is InChI=1S/C17H27N3O2/c1-13(21)11-12-18-17(22)19-15-9-5-6-10-16(15)20(2)14-7-3-4-8-14/h5-6,9-10,13-14,21H,3-4,7-8,11-12H2,1-2H3,(H2,18,19,22). The highest BCUT2D eigenvalue weighted by molar-refractivity contribution is 5.93. The van der Waals surface area contributed by atoms with Crippen LogP contribution in [0.1, 0.15) is 39.0 Å². The molecule has 1 atom stereocenters. The van der Waals surface area contributed by atoms with Gasteiger partial charge in [-0.1, -0.05) is 25.0 Å². The van der Waals surface area contributed by atoms with Crippen molar-refractivity contribution in [1.29, 1.82) is 0 Å². The van der Waals surface area contributed by atoms with E-state index in [9.17, 15) is 9.90 Å². The summed E-state index contributed by atoms with van der Waals surface area (Å²) in [7, 11) is 2.10. The van der Waals surface area contributed by atoms with Crippen molar-refractivity contribution >= 4 is 17.4 Å². The Labute approximate surface area is 132 Å². The van der Waals surface area contributed by atoms with Crippen molar-refractivity contribution in [3.05, 3.63) is 24.3 Å². The first-order valence-electron chi connectivity index (χ1n) is 8.12. The summed E-state index contributed by atoms with van der Waals surface area (Å²) < 4.78 is 0. The van der Waals surface area contributed by atoms with Crippen molar-refractivity contribution < 1.29 is 9.90 Å². The van der Waals surface area contributed by atoms with E-state index in [-0.39, 0.29) is 6.03 Å². The minimum Gasteiger partial charge on any atom is -0.393 e. The number of rotatable bonds is 6. The number of nitrogens with zero attached hydrogens (tertiary/aromatic N) is 1. The zero-order valence-electron chi connectivity index (χ0n) is 13.5. The number of aliphatic hydroxyl groups is 1. The van der Waals surface area contributed by atoms with Gasteiger partial charge in [-0.2, -0.15) is 0 Å². The van der Waals surface area contributed by atoms with Crippen LogP contribution in [0.2, 0.25) is 0 Å². The lowest BCUT2D eigenvalue weighted by Crippen LogP contribution is -2.33. The molecule has 5 heteroatoms. The Morgan fingerprint density at radius 2 is 2.05 bits per heavy atom. The van der Waals surface area contributed by atoms with Crippen LogP contribution in [0.3, 0.4) is 0 Å². The van der Waals surface area contributed by atoms with Crippen LogP contribution < -0.4 is 15.5 Å². The molecule has 0 radical (unpaired) electrons. The van der Waals surface area contributed by atoms with Crippen LogP contribution in [0.4, 0.5) is 16.2 Å². The molecule has 0 spiro atoms. The summed E-state index contributed by atoms with van der Waals surface area (Å²) in [5, 5.41) is 14.9. The number of carbonyl (C=O) groups excluding carboxylic acids is 1. The molecule has 0 aromatic heterocycles.